The molecule has 2 aliphatic rings. The van der Waals surface area contributed by atoms with Gasteiger partial charge in [-0.1, -0.05) is 0 Å². The van der Waals surface area contributed by atoms with Gasteiger partial charge < -0.3 is 4.84 Å². The molecular formula is C18H17F4N3O. The first-order valence-electron chi connectivity index (χ1n) is 8.37. The Morgan fingerprint density at radius 1 is 1.19 bits per heavy atom. The van der Waals surface area contributed by atoms with Crippen molar-refractivity contribution in [1.29, 1.82) is 0 Å². The zero-order chi connectivity index (χ0) is 18.6. The van der Waals surface area contributed by atoms with Crippen molar-refractivity contribution in [3.8, 4) is 5.69 Å². The van der Waals surface area contributed by atoms with Gasteiger partial charge in [0.05, 0.1) is 11.7 Å². The Bertz CT molecular complexity index is 883. The number of hydrogen-bond donors (Lipinski definition) is 0. The Morgan fingerprint density at radius 2 is 1.92 bits per heavy atom. The molecule has 0 radical (unpaired) electrons. The van der Waals surface area contributed by atoms with E-state index < -0.39 is 17.7 Å². The SMILES string of the molecule is CC1=CC(C)N(c2ccc(-n3nc(C(F)(F)F)cc3C3CC3)c(F)c2)O1. The molecule has 138 valence electrons. The Hall–Kier alpha value is -2.51. The smallest absolute Gasteiger partial charge is 0.384 e. The summed E-state index contributed by atoms with van der Waals surface area (Å²) in [6, 6.07) is 5.26. The van der Waals surface area contributed by atoms with Crippen molar-refractivity contribution in [3.05, 3.63) is 53.3 Å². The van der Waals surface area contributed by atoms with Crippen LogP contribution in [0.25, 0.3) is 5.69 Å². The second-order valence-electron chi connectivity index (χ2n) is 6.71. The minimum atomic E-state index is -4.56. The number of hydrogen-bond acceptors (Lipinski definition) is 3. The fraction of sp³-hybridized carbons (Fsp3) is 0.389. The van der Waals surface area contributed by atoms with Crippen LogP contribution in [0, 0.1) is 5.82 Å². The predicted molar refractivity (Wildman–Crippen MR) is 87.3 cm³/mol. The fourth-order valence-electron chi connectivity index (χ4n) is 3.17. The van der Waals surface area contributed by atoms with E-state index in [9.17, 15) is 17.6 Å². The lowest BCUT2D eigenvalue weighted by atomic mass is 10.2. The Kier molecular flexibility index (Phi) is 3.75. The number of halogens is 4. The van der Waals surface area contributed by atoms with Gasteiger partial charge >= 0.3 is 6.18 Å². The molecule has 1 aromatic carbocycles. The highest BCUT2D eigenvalue weighted by atomic mass is 19.4. The summed E-state index contributed by atoms with van der Waals surface area (Å²) in [5.41, 5.74) is -0.114. The lowest BCUT2D eigenvalue weighted by molar-refractivity contribution is -0.141. The lowest BCUT2D eigenvalue weighted by Gasteiger charge is -2.23. The van der Waals surface area contributed by atoms with Crippen LogP contribution in [0.1, 0.15) is 44.0 Å². The molecule has 0 saturated heterocycles. The molecular weight excluding hydrogens is 350 g/mol. The van der Waals surface area contributed by atoms with Gasteiger partial charge in [0, 0.05) is 17.7 Å². The van der Waals surface area contributed by atoms with Gasteiger partial charge in [0.25, 0.3) is 0 Å². The number of hydroxylamine groups is 1. The van der Waals surface area contributed by atoms with Crippen LogP contribution in [-0.4, -0.2) is 15.8 Å². The van der Waals surface area contributed by atoms with Gasteiger partial charge in [0.1, 0.15) is 11.4 Å². The Morgan fingerprint density at radius 3 is 2.46 bits per heavy atom. The molecule has 26 heavy (non-hydrogen) atoms. The van der Waals surface area contributed by atoms with Gasteiger partial charge in [0.2, 0.25) is 0 Å². The first-order chi connectivity index (χ1) is 12.2. The van der Waals surface area contributed by atoms with Crippen LogP contribution in [0.5, 0.6) is 0 Å². The van der Waals surface area contributed by atoms with Crippen LogP contribution < -0.4 is 5.06 Å². The number of alkyl halides is 3. The normalized spacial score (nSPS) is 20.3. The number of nitrogens with zero attached hydrogens (tertiary/aromatic N) is 3. The lowest BCUT2D eigenvalue weighted by Crippen LogP contribution is -2.26. The average Bonchev–Trinajstić information content (AvgIpc) is 3.20. The average molecular weight is 367 g/mol. The molecule has 0 spiro atoms. The largest absolute Gasteiger partial charge is 0.435 e. The highest BCUT2D eigenvalue weighted by molar-refractivity contribution is 5.53. The maximum absolute atomic E-state index is 14.7. The maximum Gasteiger partial charge on any atom is 0.435 e. The predicted octanol–water partition coefficient (Wildman–Crippen LogP) is 4.95. The molecule has 0 N–H and O–H groups in total. The third-order valence-electron chi connectivity index (χ3n) is 4.53. The van der Waals surface area contributed by atoms with Crippen molar-refractivity contribution in [3.63, 3.8) is 0 Å². The summed E-state index contributed by atoms with van der Waals surface area (Å²) in [5, 5.41) is 5.17. The quantitative estimate of drug-likeness (QED) is 0.719. The van der Waals surface area contributed by atoms with Crippen LogP contribution in [0.3, 0.4) is 0 Å². The van der Waals surface area contributed by atoms with Crippen LogP contribution in [0.2, 0.25) is 0 Å². The highest BCUT2D eigenvalue weighted by Crippen LogP contribution is 2.43. The molecule has 8 heteroatoms. The van der Waals surface area contributed by atoms with E-state index in [1.807, 2.05) is 13.0 Å². The van der Waals surface area contributed by atoms with Crippen molar-refractivity contribution in [2.24, 2.45) is 0 Å². The van der Waals surface area contributed by atoms with Crippen molar-refractivity contribution < 1.29 is 22.4 Å². The summed E-state index contributed by atoms with van der Waals surface area (Å²) in [6.07, 6.45) is -1.10. The summed E-state index contributed by atoms with van der Waals surface area (Å²) in [4.78, 5) is 5.54. The van der Waals surface area contributed by atoms with Gasteiger partial charge in [-0.05, 0) is 51.0 Å². The summed E-state index contributed by atoms with van der Waals surface area (Å²) in [6.45, 7) is 3.70. The zero-order valence-corrected chi connectivity index (χ0v) is 14.2. The number of allylic oxidation sites excluding steroid dienone is 1. The summed E-state index contributed by atoms with van der Waals surface area (Å²) >= 11 is 0. The first kappa shape index (κ1) is 16.9. The van der Waals surface area contributed by atoms with Crippen molar-refractivity contribution in [1.82, 2.24) is 9.78 Å². The molecule has 1 saturated carbocycles. The number of rotatable bonds is 3. The van der Waals surface area contributed by atoms with Gasteiger partial charge in [-0.15, -0.1) is 0 Å². The topological polar surface area (TPSA) is 30.3 Å². The molecule has 1 unspecified atom stereocenters. The Balaban J connectivity index is 1.72. The van der Waals surface area contributed by atoms with E-state index in [1.165, 1.54) is 12.1 Å². The number of anilines is 1. The third kappa shape index (κ3) is 2.93. The van der Waals surface area contributed by atoms with E-state index in [1.54, 1.807) is 18.1 Å². The van der Waals surface area contributed by atoms with Crippen LogP contribution in [0.15, 0.2) is 36.1 Å². The van der Waals surface area contributed by atoms with Crippen molar-refractivity contribution >= 4 is 5.69 Å². The Labute approximate surface area is 147 Å². The molecule has 4 rings (SSSR count). The third-order valence-corrected chi connectivity index (χ3v) is 4.53. The number of aromatic nitrogens is 2. The minimum Gasteiger partial charge on any atom is -0.384 e. The summed E-state index contributed by atoms with van der Waals surface area (Å²) in [7, 11) is 0. The second kappa shape index (κ2) is 5.75. The summed E-state index contributed by atoms with van der Waals surface area (Å²) in [5.74, 6) is 0.0490. The summed E-state index contributed by atoms with van der Waals surface area (Å²) < 4.78 is 54.9. The molecule has 2 aromatic rings. The first-order valence-corrected chi connectivity index (χ1v) is 8.37. The van der Waals surface area contributed by atoms with Gasteiger partial charge in [-0.25, -0.2) is 14.1 Å². The standard InChI is InChI=1S/C18H17F4N3O/c1-10-7-11(2)26-25(10)13-5-6-15(14(19)8-13)24-16(12-3-4-12)9-17(23-24)18(20,21)22/h5-10,12H,3-4H2,1-2H3. The van der Waals surface area contributed by atoms with E-state index in [0.29, 0.717) is 17.1 Å². The van der Waals surface area contributed by atoms with E-state index in [2.05, 4.69) is 5.10 Å². The van der Waals surface area contributed by atoms with Gasteiger partial charge in [0.15, 0.2) is 11.5 Å². The maximum atomic E-state index is 14.7. The minimum absolute atomic E-state index is 0.00248. The molecule has 0 bridgehead atoms. The monoisotopic (exact) mass is 367 g/mol. The van der Waals surface area contributed by atoms with Gasteiger partial charge in [-0.2, -0.15) is 18.3 Å². The molecule has 4 nitrogen and oxygen atoms in total. The molecule has 0 amide bonds. The van der Waals surface area contributed by atoms with Crippen LogP contribution >= 0.6 is 0 Å². The van der Waals surface area contributed by atoms with E-state index in [-0.39, 0.29) is 17.6 Å². The second-order valence-corrected chi connectivity index (χ2v) is 6.71. The van der Waals surface area contributed by atoms with E-state index in [4.69, 9.17) is 4.84 Å². The van der Waals surface area contributed by atoms with Crippen LogP contribution in [0.4, 0.5) is 23.2 Å². The molecule has 1 aromatic heterocycles. The van der Waals surface area contributed by atoms with Crippen LogP contribution in [-0.2, 0) is 11.0 Å². The van der Waals surface area contributed by atoms with E-state index >= 15 is 0 Å². The molecule has 1 atom stereocenters. The fourth-order valence-corrected chi connectivity index (χ4v) is 3.17. The molecule has 2 heterocycles. The molecule has 1 fully saturated rings. The molecule has 1 aliphatic heterocycles. The molecule has 1 aliphatic carbocycles. The van der Waals surface area contributed by atoms with E-state index in [0.717, 1.165) is 23.6 Å². The zero-order valence-electron chi connectivity index (χ0n) is 14.2. The van der Waals surface area contributed by atoms with Gasteiger partial charge in [-0.3, -0.25) is 0 Å². The number of benzene rings is 1. The van der Waals surface area contributed by atoms with Crippen molar-refractivity contribution in [2.45, 2.75) is 44.8 Å². The highest BCUT2D eigenvalue weighted by Gasteiger charge is 2.38. The van der Waals surface area contributed by atoms with Crippen molar-refractivity contribution in [2.75, 3.05) is 5.06 Å².